The van der Waals surface area contributed by atoms with Crippen LogP contribution in [0.25, 0.3) is 0 Å². The van der Waals surface area contributed by atoms with Gasteiger partial charge in [0.15, 0.2) is 10.3 Å². The largest absolute Gasteiger partial charge is 0.335 e. The van der Waals surface area contributed by atoms with E-state index in [4.69, 9.17) is 9.98 Å². The van der Waals surface area contributed by atoms with Crippen molar-refractivity contribution in [1.82, 2.24) is 4.90 Å². The van der Waals surface area contributed by atoms with Gasteiger partial charge in [-0.2, -0.15) is 0 Å². The van der Waals surface area contributed by atoms with Crippen molar-refractivity contribution in [2.75, 3.05) is 11.1 Å². The molecule has 28 heavy (non-hydrogen) atoms. The molecule has 0 aromatic heterocycles. The third-order valence-electron chi connectivity index (χ3n) is 5.28. The van der Waals surface area contributed by atoms with E-state index in [2.05, 4.69) is 78.0 Å². The van der Waals surface area contributed by atoms with E-state index in [-0.39, 0.29) is 5.54 Å². The number of benzene rings is 2. The lowest BCUT2D eigenvalue weighted by Crippen LogP contribution is -2.28. The molecule has 0 aliphatic carbocycles. The molecule has 2 aromatic carbocycles. The fourth-order valence-corrected chi connectivity index (χ4v) is 5.76. The quantitative estimate of drug-likeness (QED) is 0.725. The lowest BCUT2D eigenvalue weighted by atomic mass is 9.92. The lowest BCUT2D eigenvalue weighted by molar-refractivity contribution is 0.529. The van der Waals surface area contributed by atoms with Crippen LogP contribution in [-0.4, -0.2) is 21.0 Å². The highest BCUT2D eigenvalue weighted by molar-refractivity contribution is 8.17. The Bertz CT molecular complexity index is 1020. The zero-order valence-electron chi connectivity index (χ0n) is 16.0. The molecule has 3 aliphatic rings. The summed E-state index contributed by atoms with van der Waals surface area (Å²) in [5, 5.41) is 7.83. The molecule has 3 aliphatic heterocycles. The molecule has 5 rings (SSSR count). The normalized spacial score (nSPS) is 19.4. The van der Waals surface area contributed by atoms with Crippen LogP contribution in [0.3, 0.4) is 0 Å². The Morgan fingerprint density at radius 2 is 1.89 bits per heavy atom. The van der Waals surface area contributed by atoms with Crippen molar-refractivity contribution in [2.45, 2.75) is 32.5 Å². The predicted molar refractivity (Wildman–Crippen MR) is 122 cm³/mol. The standard InChI is InChI=1S/C22H22N4S2/c1-22(2)18-9-5-6-10-19(18)24-20(25-22)27-13-17-14-28-21-23-11-15-7-3-4-8-16(15)12-26(17)21/h3-10,14H,11-13H2,1-2H3,(H,24,25). The molecule has 0 fully saturated rings. The zero-order valence-corrected chi connectivity index (χ0v) is 17.6. The smallest absolute Gasteiger partial charge is 0.168 e. The highest BCUT2D eigenvalue weighted by atomic mass is 32.2. The lowest BCUT2D eigenvalue weighted by Gasteiger charge is -2.30. The zero-order chi connectivity index (χ0) is 19.1. The molecule has 6 heteroatoms. The molecule has 1 N–H and O–H groups in total. The molecule has 3 heterocycles. The van der Waals surface area contributed by atoms with Crippen LogP contribution in [0.1, 0.15) is 30.5 Å². The fourth-order valence-electron chi connectivity index (χ4n) is 3.76. The number of anilines is 1. The van der Waals surface area contributed by atoms with Crippen molar-refractivity contribution >= 4 is 39.5 Å². The second-order valence-corrected chi connectivity index (χ2v) is 9.42. The third-order valence-corrected chi connectivity index (χ3v) is 7.13. The second-order valence-electron chi connectivity index (χ2n) is 7.62. The molecule has 0 unspecified atom stereocenters. The first-order valence-corrected chi connectivity index (χ1v) is 11.3. The molecule has 0 atom stereocenters. The summed E-state index contributed by atoms with van der Waals surface area (Å²) in [6, 6.07) is 17.1. The number of rotatable bonds is 2. The SMILES string of the molecule is CC1(C)N=C(SCC2=CSC3=NCc4ccccc4CN23)Nc2ccccc21. The van der Waals surface area contributed by atoms with Crippen LogP contribution < -0.4 is 5.32 Å². The van der Waals surface area contributed by atoms with Crippen LogP contribution in [0.4, 0.5) is 5.69 Å². The molecular weight excluding hydrogens is 384 g/mol. The first-order chi connectivity index (χ1) is 13.6. The first-order valence-electron chi connectivity index (χ1n) is 9.44. The maximum absolute atomic E-state index is 4.96. The summed E-state index contributed by atoms with van der Waals surface area (Å²) in [7, 11) is 0. The van der Waals surface area contributed by atoms with Crippen LogP contribution in [-0.2, 0) is 18.6 Å². The van der Waals surface area contributed by atoms with Crippen molar-refractivity contribution in [3.05, 3.63) is 76.3 Å². The maximum Gasteiger partial charge on any atom is 0.168 e. The highest BCUT2D eigenvalue weighted by Crippen LogP contribution is 2.38. The molecule has 4 nitrogen and oxygen atoms in total. The van der Waals surface area contributed by atoms with E-state index in [1.165, 1.54) is 22.4 Å². The van der Waals surface area contributed by atoms with E-state index in [1.807, 2.05) is 0 Å². The van der Waals surface area contributed by atoms with Crippen molar-refractivity contribution in [1.29, 1.82) is 0 Å². The summed E-state index contributed by atoms with van der Waals surface area (Å²) >= 11 is 3.50. The van der Waals surface area contributed by atoms with Crippen LogP contribution in [0.5, 0.6) is 0 Å². The number of aliphatic imine (C=N–C) groups is 2. The van der Waals surface area contributed by atoms with Gasteiger partial charge in [-0.3, -0.25) is 9.98 Å². The van der Waals surface area contributed by atoms with Crippen LogP contribution in [0.15, 0.2) is 69.6 Å². The number of hydrogen-bond acceptors (Lipinski definition) is 6. The van der Waals surface area contributed by atoms with Gasteiger partial charge < -0.3 is 10.2 Å². The third kappa shape index (κ3) is 3.25. The van der Waals surface area contributed by atoms with E-state index in [1.54, 1.807) is 23.5 Å². The van der Waals surface area contributed by atoms with Crippen molar-refractivity contribution < 1.29 is 0 Å². The summed E-state index contributed by atoms with van der Waals surface area (Å²) in [5.41, 5.74) is 6.18. The summed E-state index contributed by atoms with van der Waals surface area (Å²) < 4.78 is 0. The van der Waals surface area contributed by atoms with Crippen LogP contribution in [0.2, 0.25) is 0 Å². The van der Waals surface area contributed by atoms with Gasteiger partial charge in [0.1, 0.15) is 0 Å². The van der Waals surface area contributed by atoms with E-state index >= 15 is 0 Å². The van der Waals surface area contributed by atoms with E-state index in [0.717, 1.165) is 34.9 Å². The number of hydrogen-bond donors (Lipinski definition) is 1. The fraction of sp³-hybridized carbons (Fsp3) is 0.273. The van der Waals surface area contributed by atoms with Gasteiger partial charge in [0.2, 0.25) is 0 Å². The Hall–Kier alpha value is -2.18. The summed E-state index contributed by atoms with van der Waals surface area (Å²) in [6.45, 7) is 6.01. The van der Waals surface area contributed by atoms with Crippen LogP contribution in [0, 0.1) is 0 Å². The average Bonchev–Trinajstić information content (AvgIpc) is 2.96. The molecule has 0 amide bonds. The van der Waals surface area contributed by atoms with Crippen molar-refractivity contribution in [3.63, 3.8) is 0 Å². The van der Waals surface area contributed by atoms with Crippen LogP contribution >= 0.6 is 23.5 Å². The van der Waals surface area contributed by atoms with Gasteiger partial charge >= 0.3 is 0 Å². The van der Waals surface area contributed by atoms with Gasteiger partial charge in [-0.1, -0.05) is 66.0 Å². The number of thioether (sulfide) groups is 2. The summed E-state index contributed by atoms with van der Waals surface area (Å²) in [4.78, 5) is 12.1. The van der Waals surface area contributed by atoms with Gasteiger partial charge in [0.05, 0.1) is 18.6 Å². The maximum atomic E-state index is 4.96. The Kier molecular flexibility index (Phi) is 4.48. The van der Waals surface area contributed by atoms with Gasteiger partial charge in [-0.15, -0.1) is 0 Å². The molecule has 142 valence electrons. The molecular formula is C22H22N4S2. The molecule has 0 radical (unpaired) electrons. The van der Waals surface area contributed by atoms with E-state index in [0.29, 0.717) is 0 Å². The van der Waals surface area contributed by atoms with Crippen molar-refractivity contribution in [3.8, 4) is 0 Å². The Morgan fingerprint density at radius 1 is 1.11 bits per heavy atom. The van der Waals surface area contributed by atoms with Crippen molar-refractivity contribution in [2.24, 2.45) is 9.98 Å². The second kappa shape index (κ2) is 7.01. The number of nitrogens with zero attached hydrogens (tertiary/aromatic N) is 3. The number of para-hydroxylation sites is 1. The predicted octanol–water partition coefficient (Wildman–Crippen LogP) is 5.40. The monoisotopic (exact) mass is 406 g/mol. The topological polar surface area (TPSA) is 40.0 Å². The number of nitrogens with one attached hydrogen (secondary N) is 1. The summed E-state index contributed by atoms with van der Waals surface area (Å²) in [5.74, 6) is 0.873. The van der Waals surface area contributed by atoms with E-state index < -0.39 is 0 Å². The molecule has 0 saturated carbocycles. The molecule has 2 aromatic rings. The first kappa shape index (κ1) is 17.9. The Morgan fingerprint density at radius 3 is 2.79 bits per heavy atom. The Balaban J connectivity index is 1.32. The van der Waals surface area contributed by atoms with Gasteiger partial charge in [0, 0.05) is 22.7 Å². The molecule has 0 bridgehead atoms. The minimum atomic E-state index is -0.211. The molecule has 0 saturated heterocycles. The number of amidine groups is 2. The minimum absolute atomic E-state index is 0.211. The minimum Gasteiger partial charge on any atom is -0.335 e. The average molecular weight is 407 g/mol. The van der Waals surface area contributed by atoms with E-state index in [9.17, 15) is 0 Å². The highest BCUT2D eigenvalue weighted by Gasteiger charge is 2.30. The number of fused-ring (bicyclic) bond motifs is 3. The van der Waals surface area contributed by atoms with Gasteiger partial charge in [0.25, 0.3) is 0 Å². The van der Waals surface area contributed by atoms with Gasteiger partial charge in [-0.25, -0.2) is 0 Å². The summed E-state index contributed by atoms with van der Waals surface area (Å²) in [6.07, 6.45) is 0. The Labute approximate surface area is 174 Å². The molecule has 0 spiro atoms. The van der Waals surface area contributed by atoms with Gasteiger partial charge in [-0.05, 0) is 36.4 Å².